The Kier molecular flexibility index (Phi) is 4.90. The van der Waals surface area contributed by atoms with E-state index in [2.05, 4.69) is 5.32 Å². The van der Waals surface area contributed by atoms with Gasteiger partial charge in [-0.2, -0.15) is 0 Å². The van der Waals surface area contributed by atoms with Crippen molar-refractivity contribution < 1.29 is 14.7 Å². The molecular formula is C13H19NO3S. The maximum atomic E-state index is 11.7. The van der Waals surface area contributed by atoms with Crippen molar-refractivity contribution in [2.24, 2.45) is 5.41 Å². The molecule has 18 heavy (non-hydrogen) atoms. The monoisotopic (exact) mass is 269 g/mol. The van der Waals surface area contributed by atoms with Gasteiger partial charge >= 0.3 is 5.97 Å². The minimum absolute atomic E-state index is 0.217. The molecule has 1 rings (SSSR count). The lowest BCUT2D eigenvalue weighted by Crippen LogP contribution is -2.49. The molecule has 0 spiro atoms. The Bertz CT molecular complexity index is 406. The highest BCUT2D eigenvalue weighted by molar-refractivity contribution is 7.09. The van der Waals surface area contributed by atoms with E-state index in [0.29, 0.717) is 12.8 Å². The third kappa shape index (κ3) is 4.49. The summed E-state index contributed by atoms with van der Waals surface area (Å²) in [5.41, 5.74) is -0.496. The number of carboxylic acid groups (broad SMARTS) is 1. The summed E-state index contributed by atoms with van der Waals surface area (Å²) in [5, 5.41) is 13.6. The fraction of sp³-hybridized carbons (Fsp3) is 0.538. The molecule has 0 aliphatic carbocycles. The second-order valence-corrected chi connectivity index (χ2v) is 6.32. The lowest BCUT2D eigenvalue weighted by atomic mass is 9.86. The first-order valence-electron chi connectivity index (χ1n) is 5.85. The third-order valence-corrected chi connectivity index (χ3v) is 3.53. The molecule has 0 saturated heterocycles. The Balaban J connectivity index is 2.49. The Morgan fingerprint density at radius 3 is 2.56 bits per heavy atom. The van der Waals surface area contributed by atoms with Gasteiger partial charge in [-0.3, -0.25) is 4.79 Å². The molecule has 1 atom stereocenters. The first-order valence-corrected chi connectivity index (χ1v) is 6.73. The molecular weight excluding hydrogens is 250 g/mol. The van der Waals surface area contributed by atoms with Gasteiger partial charge in [0.1, 0.15) is 6.04 Å². The van der Waals surface area contributed by atoms with Gasteiger partial charge in [0.05, 0.1) is 0 Å². The molecule has 1 aromatic rings. The van der Waals surface area contributed by atoms with Gasteiger partial charge in [0.2, 0.25) is 5.91 Å². The number of aliphatic carboxylic acids is 1. The summed E-state index contributed by atoms with van der Waals surface area (Å²) >= 11 is 1.60. The molecule has 1 unspecified atom stereocenters. The van der Waals surface area contributed by atoms with Gasteiger partial charge in [0, 0.05) is 11.3 Å². The van der Waals surface area contributed by atoms with Crippen molar-refractivity contribution in [3.63, 3.8) is 0 Å². The maximum absolute atomic E-state index is 11.7. The van der Waals surface area contributed by atoms with Crippen LogP contribution in [0.1, 0.15) is 32.1 Å². The standard InChI is InChI=1S/C13H19NO3S/c1-13(2,3)11(12(16)17)14-10(15)7-6-9-5-4-8-18-9/h4-5,8,11H,6-7H2,1-3H3,(H,14,15)(H,16,17). The fourth-order valence-electron chi connectivity index (χ4n) is 1.57. The van der Waals surface area contributed by atoms with Crippen molar-refractivity contribution in [2.45, 2.75) is 39.7 Å². The average Bonchev–Trinajstić information content (AvgIpc) is 2.73. The zero-order valence-corrected chi connectivity index (χ0v) is 11.7. The van der Waals surface area contributed by atoms with Crippen molar-refractivity contribution in [3.05, 3.63) is 22.4 Å². The summed E-state index contributed by atoms with van der Waals surface area (Å²) in [5.74, 6) is -1.21. The molecule has 0 aliphatic rings. The number of aryl methyl sites for hydroxylation is 1. The molecule has 0 aromatic carbocycles. The zero-order chi connectivity index (χ0) is 13.8. The predicted molar refractivity (Wildman–Crippen MR) is 71.7 cm³/mol. The van der Waals surface area contributed by atoms with Crippen LogP contribution in [0.3, 0.4) is 0 Å². The number of amides is 1. The van der Waals surface area contributed by atoms with Crippen molar-refractivity contribution in [3.8, 4) is 0 Å². The van der Waals surface area contributed by atoms with E-state index in [1.807, 2.05) is 17.5 Å². The van der Waals surface area contributed by atoms with Gasteiger partial charge in [-0.15, -0.1) is 11.3 Å². The van der Waals surface area contributed by atoms with Crippen LogP contribution >= 0.6 is 11.3 Å². The number of carbonyl (C=O) groups excluding carboxylic acids is 1. The van der Waals surface area contributed by atoms with Gasteiger partial charge in [-0.1, -0.05) is 26.8 Å². The molecule has 100 valence electrons. The van der Waals surface area contributed by atoms with Gasteiger partial charge < -0.3 is 10.4 Å². The van der Waals surface area contributed by atoms with E-state index in [1.54, 1.807) is 32.1 Å². The number of rotatable bonds is 5. The maximum Gasteiger partial charge on any atom is 0.326 e. The molecule has 0 bridgehead atoms. The molecule has 0 fully saturated rings. The van der Waals surface area contributed by atoms with Gasteiger partial charge in [-0.05, 0) is 23.3 Å². The van der Waals surface area contributed by atoms with E-state index in [9.17, 15) is 9.59 Å². The van der Waals surface area contributed by atoms with E-state index in [-0.39, 0.29) is 5.91 Å². The van der Waals surface area contributed by atoms with Crippen LogP contribution in [-0.2, 0) is 16.0 Å². The fourth-order valence-corrected chi connectivity index (χ4v) is 2.28. The highest BCUT2D eigenvalue weighted by Gasteiger charge is 2.32. The van der Waals surface area contributed by atoms with E-state index >= 15 is 0 Å². The summed E-state index contributed by atoms with van der Waals surface area (Å²) in [4.78, 5) is 24.0. The van der Waals surface area contributed by atoms with E-state index in [1.165, 1.54) is 0 Å². The molecule has 1 amide bonds. The van der Waals surface area contributed by atoms with E-state index < -0.39 is 17.4 Å². The normalized spacial score (nSPS) is 13.1. The lowest BCUT2D eigenvalue weighted by Gasteiger charge is -2.27. The highest BCUT2D eigenvalue weighted by atomic mass is 32.1. The average molecular weight is 269 g/mol. The molecule has 5 heteroatoms. The predicted octanol–water partition coefficient (Wildman–Crippen LogP) is 2.30. The summed E-state index contributed by atoms with van der Waals surface area (Å²) < 4.78 is 0. The topological polar surface area (TPSA) is 66.4 Å². The van der Waals surface area contributed by atoms with Crippen LogP contribution in [0, 0.1) is 5.41 Å². The molecule has 1 heterocycles. The Morgan fingerprint density at radius 2 is 2.11 bits per heavy atom. The van der Waals surface area contributed by atoms with Crippen LogP contribution < -0.4 is 5.32 Å². The molecule has 0 saturated carbocycles. The second kappa shape index (κ2) is 6.00. The Labute approximate surface area is 111 Å². The highest BCUT2D eigenvalue weighted by Crippen LogP contribution is 2.19. The van der Waals surface area contributed by atoms with Crippen LogP contribution in [0.25, 0.3) is 0 Å². The van der Waals surface area contributed by atoms with Crippen molar-refractivity contribution in [1.29, 1.82) is 0 Å². The minimum Gasteiger partial charge on any atom is -0.480 e. The van der Waals surface area contributed by atoms with Crippen molar-refractivity contribution >= 4 is 23.2 Å². The summed E-state index contributed by atoms with van der Waals surface area (Å²) in [6, 6.07) is 3.05. The lowest BCUT2D eigenvalue weighted by molar-refractivity contribution is -0.144. The van der Waals surface area contributed by atoms with Gasteiger partial charge in [0.15, 0.2) is 0 Å². The zero-order valence-electron chi connectivity index (χ0n) is 10.9. The first kappa shape index (κ1) is 14.7. The number of thiophene rings is 1. The van der Waals surface area contributed by atoms with Crippen LogP contribution in [0.4, 0.5) is 0 Å². The van der Waals surface area contributed by atoms with Crippen LogP contribution in [0.2, 0.25) is 0 Å². The number of hydrogen-bond donors (Lipinski definition) is 2. The number of carboxylic acids is 1. The summed E-state index contributed by atoms with van der Waals surface area (Å²) in [6.07, 6.45) is 0.973. The number of carbonyl (C=O) groups is 2. The van der Waals surface area contributed by atoms with E-state index in [4.69, 9.17) is 5.11 Å². The van der Waals surface area contributed by atoms with Crippen LogP contribution in [-0.4, -0.2) is 23.0 Å². The van der Waals surface area contributed by atoms with Crippen LogP contribution in [0.15, 0.2) is 17.5 Å². The summed E-state index contributed by atoms with van der Waals surface area (Å²) in [6.45, 7) is 5.39. The smallest absolute Gasteiger partial charge is 0.326 e. The molecule has 1 aromatic heterocycles. The Morgan fingerprint density at radius 1 is 1.44 bits per heavy atom. The quantitative estimate of drug-likeness (QED) is 0.862. The second-order valence-electron chi connectivity index (χ2n) is 5.28. The van der Waals surface area contributed by atoms with Gasteiger partial charge in [-0.25, -0.2) is 4.79 Å². The molecule has 4 nitrogen and oxygen atoms in total. The SMILES string of the molecule is CC(C)(C)C(NC(=O)CCc1cccs1)C(=O)O. The molecule has 2 N–H and O–H groups in total. The Hall–Kier alpha value is -1.36. The minimum atomic E-state index is -0.994. The van der Waals surface area contributed by atoms with Crippen LogP contribution in [0.5, 0.6) is 0 Å². The molecule has 0 radical (unpaired) electrons. The largest absolute Gasteiger partial charge is 0.480 e. The van der Waals surface area contributed by atoms with Crippen molar-refractivity contribution in [1.82, 2.24) is 5.32 Å². The summed E-state index contributed by atoms with van der Waals surface area (Å²) in [7, 11) is 0. The number of nitrogens with one attached hydrogen (secondary N) is 1. The third-order valence-electron chi connectivity index (χ3n) is 2.60. The first-order chi connectivity index (χ1) is 8.30. The van der Waals surface area contributed by atoms with E-state index in [0.717, 1.165) is 4.88 Å². The van der Waals surface area contributed by atoms with Gasteiger partial charge in [0.25, 0.3) is 0 Å². The van der Waals surface area contributed by atoms with Crippen molar-refractivity contribution in [2.75, 3.05) is 0 Å². The number of hydrogen-bond acceptors (Lipinski definition) is 3. The molecule has 0 aliphatic heterocycles.